The molecule has 0 aliphatic carbocycles. The van der Waals surface area contributed by atoms with Crippen LogP contribution in [0.2, 0.25) is 0 Å². The Balaban J connectivity index is 2.09. The lowest BCUT2D eigenvalue weighted by atomic mass is 10.1. The summed E-state index contributed by atoms with van der Waals surface area (Å²) in [6.45, 7) is 4.05. The maximum Gasteiger partial charge on any atom is 0.246 e. The molecule has 0 bridgehead atoms. The first-order chi connectivity index (χ1) is 8.95. The van der Waals surface area contributed by atoms with Gasteiger partial charge in [-0.05, 0) is 62.9 Å². The van der Waals surface area contributed by atoms with E-state index in [0.29, 0.717) is 9.47 Å². The smallest absolute Gasteiger partial charge is 0.246 e. The quantitative estimate of drug-likeness (QED) is 0.880. The Morgan fingerprint density at radius 3 is 2.74 bits per heavy atom. The molecule has 1 aromatic carbocycles. The summed E-state index contributed by atoms with van der Waals surface area (Å²) in [6, 6.07) is 5.93. The van der Waals surface area contributed by atoms with E-state index in [4.69, 9.17) is 0 Å². The minimum absolute atomic E-state index is 0.104. The lowest BCUT2D eigenvalue weighted by Crippen LogP contribution is -2.20. The number of carbonyl (C=O) groups excluding carboxylic acids is 1. The Labute approximate surface area is 127 Å². The van der Waals surface area contributed by atoms with E-state index in [1.165, 1.54) is 4.68 Å². The minimum Gasteiger partial charge on any atom is -0.324 e. The fraction of sp³-hybridized carbons (Fsp3) is 0.250. The molecule has 0 saturated carbocycles. The molecule has 19 heavy (non-hydrogen) atoms. The highest BCUT2D eigenvalue weighted by atomic mass is 79.9. The highest BCUT2D eigenvalue weighted by molar-refractivity contribution is 9.11. The van der Waals surface area contributed by atoms with Crippen LogP contribution in [0.1, 0.15) is 11.1 Å². The summed E-state index contributed by atoms with van der Waals surface area (Å²) in [5, 5.41) is 6.92. The Morgan fingerprint density at radius 1 is 1.37 bits per heavy atom. The van der Waals surface area contributed by atoms with E-state index < -0.39 is 0 Å². The van der Waals surface area contributed by atoms with E-state index in [1.54, 1.807) is 0 Å². The van der Waals surface area contributed by atoms with Gasteiger partial charge in [0.25, 0.3) is 0 Å². The van der Waals surface area contributed by atoms with Crippen molar-refractivity contribution in [2.24, 2.45) is 0 Å². The van der Waals surface area contributed by atoms with Gasteiger partial charge in [-0.1, -0.05) is 12.1 Å². The molecule has 5 nitrogen and oxygen atoms in total. The number of hydrogen-bond donors (Lipinski definition) is 1. The lowest BCUT2D eigenvalue weighted by molar-refractivity contribution is -0.116. The predicted molar refractivity (Wildman–Crippen MR) is 80.0 cm³/mol. The van der Waals surface area contributed by atoms with Crippen LogP contribution < -0.4 is 5.32 Å². The number of halogens is 2. The fourth-order valence-corrected chi connectivity index (χ4v) is 2.56. The van der Waals surface area contributed by atoms with Crippen molar-refractivity contribution >= 4 is 43.5 Å². The van der Waals surface area contributed by atoms with E-state index in [9.17, 15) is 4.79 Å². The third kappa shape index (κ3) is 3.63. The van der Waals surface area contributed by atoms with Crippen molar-refractivity contribution in [3.8, 4) is 0 Å². The first kappa shape index (κ1) is 14.2. The van der Waals surface area contributed by atoms with Gasteiger partial charge >= 0.3 is 0 Å². The summed E-state index contributed by atoms with van der Waals surface area (Å²) < 4.78 is 2.43. The zero-order valence-electron chi connectivity index (χ0n) is 10.4. The third-order valence-corrected chi connectivity index (χ3v) is 3.48. The van der Waals surface area contributed by atoms with E-state index in [0.717, 1.165) is 16.8 Å². The summed E-state index contributed by atoms with van der Waals surface area (Å²) in [5.74, 6) is -0.146. The van der Waals surface area contributed by atoms with Crippen molar-refractivity contribution in [3.63, 3.8) is 0 Å². The largest absolute Gasteiger partial charge is 0.324 e. The molecule has 0 radical (unpaired) electrons. The maximum atomic E-state index is 12.0. The lowest BCUT2D eigenvalue weighted by Gasteiger charge is -2.09. The van der Waals surface area contributed by atoms with Crippen LogP contribution in [0.15, 0.2) is 27.7 Å². The normalized spacial score (nSPS) is 10.5. The molecular weight excluding hydrogens is 376 g/mol. The zero-order chi connectivity index (χ0) is 14.0. The van der Waals surface area contributed by atoms with Crippen molar-refractivity contribution in [3.05, 3.63) is 38.8 Å². The van der Waals surface area contributed by atoms with Crippen LogP contribution in [0.3, 0.4) is 0 Å². The van der Waals surface area contributed by atoms with Gasteiger partial charge in [0.2, 0.25) is 10.6 Å². The molecule has 0 unspecified atom stereocenters. The van der Waals surface area contributed by atoms with Gasteiger partial charge in [-0.3, -0.25) is 4.79 Å². The van der Waals surface area contributed by atoms with Crippen LogP contribution in [0.25, 0.3) is 0 Å². The number of carbonyl (C=O) groups is 1. The van der Waals surface area contributed by atoms with E-state index >= 15 is 0 Å². The molecule has 0 aliphatic heterocycles. The maximum absolute atomic E-state index is 12.0. The first-order valence-electron chi connectivity index (χ1n) is 5.58. The Morgan fingerprint density at radius 2 is 2.11 bits per heavy atom. The summed E-state index contributed by atoms with van der Waals surface area (Å²) in [4.78, 5) is 16.0. The number of benzene rings is 1. The van der Waals surface area contributed by atoms with E-state index in [-0.39, 0.29) is 12.5 Å². The SMILES string of the molecule is Cc1ccc(C)c(NC(=O)Cn2nc(Br)nc2Br)c1. The fourth-order valence-electron chi connectivity index (χ4n) is 1.59. The van der Waals surface area contributed by atoms with E-state index in [2.05, 4.69) is 47.3 Å². The molecule has 1 aromatic heterocycles. The molecule has 0 atom stereocenters. The second kappa shape index (κ2) is 5.83. The van der Waals surface area contributed by atoms with Crippen molar-refractivity contribution in [2.75, 3.05) is 5.32 Å². The molecule has 1 heterocycles. The van der Waals surface area contributed by atoms with Gasteiger partial charge in [0.1, 0.15) is 6.54 Å². The minimum atomic E-state index is -0.146. The van der Waals surface area contributed by atoms with Gasteiger partial charge in [0.15, 0.2) is 4.73 Å². The topological polar surface area (TPSA) is 59.8 Å². The number of amides is 1. The van der Waals surface area contributed by atoms with Gasteiger partial charge in [-0.2, -0.15) is 4.98 Å². The van der Waals surface area contributed by atoms with Gasteiger partial charge in [-0.15, -0.1) is 5.10 Å². The standard InChI is InChI=1S/C12H12Br2N4O/c1-7-3-4-8(2)9(5-7)15-10(19)6-18-12(14)16-11(13)17-18/h3-5H,6H2,1-2H3,(H,15,19). The number of nitrogens with zero attached hydrogens (tertiary/aromatic N) is 3. The van der Waals surface area contributed by atoms with Crippen LogP contribution >= 0.6 is 31.9 Å². The molecule has 2 aromatic rings. The molecule has 7 heteroatoms. The average Bonchev–Trinajstić information content (AvgIpc) is 2.62. The number of anilines is 1. The third-order valence-electron chi connectivity index (χ3n) is 2.56. The number of aromatic nitrogens is 3. The predicted octanol–water partition coefficient (Wildman–Crippen LogP) is 3.06. The molecule has 100 valence electrons. The molecule has 1 N–H and O–H groups in total. The highest BCUT2D eigenvalue weighted by Gasteiger charge is 2.10. The zero-order valence-corrected chi connectivity index (χ0v) is 13.6. The van der Waals surface area contributed by atoms with Gasteiger partial charge < -0.3 is 5.32 Å². The Hall–Kier alpha value is -1.21. The summed E-state index contributed by atoms with van der Waals surface area (Å²) in [5.41, 5.74) is 2.95. The summed E-state index contributed by atoms with van der Waals surface area (Å²) in [6.07, 6.45) is 0. The number of aryl methyl sites for hydroxylation is 2. The highest BCUT2D eigenvalue weighted by Crippen LogP contribution is 2.17. The second-order valence-corrected chi connectivity index (χ2v) is 5.59. The Bertz CT molecular complexity index is 624. The monoisotopic (exact) mass is 386 g/mol. The van der Waals surface area contributed by atoms with Gasteiger partial charge in [-0.25, -0.2) is 4.68 Å². The summed E-state index contributed by atoms with van der Waals surface area (Å²) >= 11 is 6.39. The molecule has 1 amide bonds. The molecule has 0 aliphatic rings. The van der Waals surface area contributed by atoms with Crippen LogP contribution in [-0.4, -0.2) is 20.7 Å². The number of rotatable bonds is 3. The van der Waals surface area contributed by atoms with Crippen LogP contribution in [0.4, 0.5) is 5.69 Å². The van der Waals surface area contributed by atoms with Crippen LogP contribution in [0.5, 0.6) is 0 Å². The Kier molecular flexibility index (Phi) is 4.36. The van der Waals surface area contributed by atoms with Crippen LogP contribution in [-0.2, 0) is 11.3 Å². The van der Waals surface area contributed by atoms with Gasteiger partial charge in [0.05, 0.1) is 0 Å². The molecular formula is C12H12Br2N4O. The molecule has 0 fully saturated rings. The average molecular weight is 388 g/mol. The second-order valence-electron chi connectivity index (χ2n) is 4.17. The van der Waals surface area contributed by atoms with Crippen molar-refractivity contribution in [1.29, 1.82) is 0 Å². The summed E-state index contributed by atoms with van der Waals surface area (Å²) in [7, 11) is 0. The molecule has 2 rings (SSSR count). The molecule has 0 saturated heterocycles. The van der Waals surface area contributed by atoms with Gasteiger partial charge in [0, 0.05) is 5.69 Å². The van der Waals surface area contributed by atoms with E-state index in [1.807, 2.05) is 32.0 Å². The number of nitrogens with one attached hydrogen (secondary N) is 1. The first-order valence-corrected chi connectivity index (χ1v) is 7.17. The van der Waals surface area contributed by atoms with Crippen molar-refractivity contribution < 1.29 is 4.79 Å². The number of hydrogen-bond acceptors (Lipinski definition) is 3. The van der Waals surface area contributed by atoms with Crippen molar-refractivity contribution in [2.45, 2.75) is 20.4 Å². The molecule has 0 spiro atoms. The van der Waals surface area contributed by atoms with Crippen molar-refractivity contribution in [1.82, 2.24) is 14.8 Å². The van der Waals surface area contributed by atoms with Crippen LogP contribution in [0, 0.1) is 13.8 Å².